The second kappa shape index (κ2) is 15.8. The van der Waals surface area contributed by atoms with E-state index in [1.54, 1.807) is 0 Å². The van der Waals surface area contributed by atoms with Crippen LogP contribution < -0.4 is 4.90 Å². The average Bonchev–Trinajstić information content (AvgIpc) is 3.71. The Morgan fingerprint density at radius 3 is 1.23 bits per heavy atom. The average molecular weight is 815 g/mol. The van der Waals surface area contributed by atoms with Crippen molar-refractivity contribution < 1.29 is 0 Å². The summed E-state index contributed by atoms with van der Waals surface area (Å²) in [5.41, 5.74) is 16.5. The minimum absolute atomic E-state index is 1.09. The molecule has 300 valence electrons. The summed E-state index contributed by atoms with van der Waals surface area (Å²) in [5.74, 6) is 0. The zero-order chi connectivity index (χ0) is 42.4. The fourth-order valence-electron chi connectivity index (χ4n) is 9.56. The third-order valence-electron chi connectivity index (χ3n) is 12.8. The molecule has 2 heteroatoms. The fourth-order valence-corrected chi connectivity index (χ4v) is 9.56. The van der Waals surface area contributed by atoms with Gasteiger partial charge in [0, 0.05) is 33.5 Å². The van der Waals surface area contributed by atoms with Gasteiger partial charge in [0.2, 0.25) is 0 Å². The van der Waals surface area contributed by atoms with Gasteiger partial charge in [-0.05, 0) is 139 Å². The quantitative estimate of drug-likeness (QED) is 0.148. The third-order valence-corrected chi connectivity index (χ3v) is 12.8. The molecule has 64 heavy (non-hydrogen) atoms. The monoisotopic (exact) mass is 814 g/mol. The number of aromatic nitrogens is 1. The van der Waals surface area contributed by atoms with Crippen LogP contribution in [0.4, 0.5) is 17.1 Å². The van der Waals surface area contributed by atoms with Crippen molar-refractivity contribution in [2.45, 2.75) is 0 Å². The van der Waals surface area contributed by atoms with E-state index in [-0.39, 0.29) is 0 Å². The molecule has 0 fully saturated rings. The summed E-state index contributed by atoms with van der Waals surface area (Å²) in [6.07, 6.45) is 0. The molecular formula is C62H42N2. The lowest BCUT2D eigenvalue weighted by atomic mass is 9.96. The Morgan fingerprint density at radius 2 is 0.656 bits per heavy atom. The number of nitrogens with zero attached hydrogens (tertiary/aromatic N) is 2. The van der Waals surface area contributed by atoms with Crippen LogP contribution in [0.2, 0.25) is 0 Å². The maximum Gasteiger partial charge on any atom is 0.0541 e. The van der Waals surface area contributed by atoms with Crippen molar-refractivity contribution in [3.8, 4) is 50.2 Å². The molecule has 0 amide bonds. The van der Waals surface area contributed by atoms with Gasteiger partial charge in [-0.3, -0.25) is 0 Å². The maximum absolute atomic E-state index is 2.37. The van der Waals surface area contributed by atoms with Crippen molar-refractivity contribution in [3.05, 3.63) is 255 Å². The van der Waals surface area contributed by atoms with E-state index in [2.05, 4.69) is 264 Å². The van der Waals surface area contributed by atoms with Gasteiger partial charge in [-0.15, -0.1) is 0 Å². The van der Waals surface area contributed by atoms with Crippen molar-refractivity contribution >= 4 is 60.4 Å². The molecule has 0 N–H and O–H groups in total. The second-order valence-corrected chi connectivity index (χ2v) is 16.6. The number of fused-ring (bicyclic) bond motifs is 5. The Balaban J connectivity index is 0.893. The summed E-state index contributed by atoms with van der Waals surface area (Å²) in [5, 5.41) is 7.52. The topological polar surface area (TPSA) is 8.17 Å². The van der Waals surface area contributed by atoms with Gasteiger partial charge < -0.3 is 9.47 Å². The molecule has 2 nitrogen and oxygen atoms in total. The maximum atomic E-state index is 2.37. The van der Waals surface area contributed by atoms with Gasteiger partial charge >= 0.3 is 0 Å². The summed E-state index contributed by atoms with van der Waals surface area (Å²) < 4.78 is 2.37. The van der Waals surface area contributed by atoms with Crippen molar-refractivity contribution in [2.24, 2.45) is 0 Å². The fraction of sp³-hybridized carbons (Fsp3) is 0. The van der Waals surface area contributed by atoms with Gasteiger partial charge in [0.05, 0.1) is 11.0 Å². The predicted octanol–water partition coefficient (Wildman–Crippen LogP) is 17.2. The van der Waals surface area contributed by atoms with Crippen molar-refractivity contribution in [1.29, 1.82) is 0 Å². The molecule has 1 aromatic heterocycles. The molecule has 1 heterocycles. The van der Waals surface area contributed by atoms with Gasteiger partial charge in [0.25, 0.3) is 0 Å². The minimum Gasteiger partial charge on any atom is -0.311 e. The Labute approximate surface area is 373 Å². The molecule has 0 saturated heterocycles. The van der Waals surface area contributed by atoms with E-state index in [0.717, 1.165) is 22.7 Å². The Morgan fingerprint density at radius 1 is 0.250 bits per heavy atom. The van der Waals surface area contributed by atoms with E-state index in [4.69, 9.17) is 0 Å². The van der Waals surface area contributed by atoms with Gasteiger partial charge in [0.1, 0.15) is 0 Å². The van der Waals surface area contributed by atoms with E-state index < -0.39 is 0 Å². The first kappa shape index (κ1) is 37.3. The molecular weight excluding hydrogens is 773 g/mol. The van der Waals surface area contributed by atoms with E-state index >= 15 is 0 Å². The summed E-state index contributed by atoms with van der Waals surface area (Å²) in [6, 6.07) is 92.6. The number of hydrogen-bond donors (Lipinski definition) is 0. The number of rotatable bonds is 8. The molecule has 0 atom stereocenters. The lowest BCUT2D eigenvalue weighted by Gasteiger charge is -2.26. The van der Waals surface area contributed by atoms with E-state index in [0.29, 0.717) is 0 Å². The molecule has 0 saturated carbocycles. The largest absolute Gasteiger partial charge is 0.311 e. The number of benzene rings is 11. The van der Waals surface area contributed by atoms with Crippen LogP contribution in [0.15, 0.2) is 255 Å². The molecule has 0 aliphatic heterocycles. The lowest BCUT2D eigenvalue weighted by molar-refractivity contribution is 1.17. The standard InChI is InChI=1S/C62H42N2/c1-2-11-43(12-3-1)49-25-27-52-42-50(26-28-51(52)41-49)46-31-35-54(36-32-46)63(55-37-39-56(40-38-55)64-61-19-8-6-16-59(61)60-17-7-9-20-62(60)64)53-33-29-45(30-34-53)44-21-23-48(24-22-44)58-18-10-14-47-13-4-5-15-57(47)58/h1-42H. The zero-order valence-corrected chi connectivity index (χ0v) is 35.1. The first-order valence-electron chi connectivity index (χ1n) is 22.0. The first-order valence-corrected chi connectivity index (χ1v) is 22.0. The van der Waals surface area contributed by atoms with Gasteiger partial charge in [-0.2, -0.15) is 0 Å². The van der Waals surface area contributed by atoms with Gasteiger partial charge in [-0.25, -0.2) is 0 Å². The Hall–Kier alpha value is -8.46. The molecule has 0 aliphatic rings. The van der Waals surface area contributed by atoms with E-state index in [1.807, 2.05) is 0 Å². The molecule has 12 aromatic rings. The molecule has 11 aromatic carbocycles. The summed E-state index contributed by atoms with van der Waals surface area (Å²) in [4.78, 5) is 2.36. The summed E-state index contributed by atoms with van der Waals surface area (Å²) in [7, 11) is 0. The highest BCUT2D eigenvalue weighted by atomic mass is 15.1. The van der Waals surface area contributed by atoms with Crippen LogP contribution in [0.1, 0.15) is 0 Å². The molecule has 0 radical (unpaired) electrons. The van der Waals surface area contributed by atoms with Crippen molar-refractivity contribution in [2.75, 3.05) is 4.90 Å². The predicted molar refractivity (Wildman–Crippen MR) is 272 cm³/mol. The molecule has 0 bridgehead atoms. The highest BCUT2D eigenvalue weighted by Gasteiger charge is 2.16. The number of hydrogen-bond acceptors (Lipinski definition) is 1. The SMILES string of the molecule is c1ccc(-c2ccc3cc(-c4ccc(N(c5ccc(-c6ccc(-c7cccc8ccccc78)cc6)cc5)c5ccc(-n6c7ccccc7c7ccccc76)cc5)cc4)ccc3c2)cc1. The zero-order valence-electron chi connectivity index (χ0n) is 35.1. The number of para-hydroxylation sites is 2. The van der Waals surface area contributed by atoms with Crippen LogP contribution in [-0.2, 0) is 0 Å². The Kier molecular flexibility index (Phi) is 9.20. The van der Waals surface area contributed by atoms with Crippen LogP contribution in [0.25, 0.3) is 93.5 Å². The van der Waals surface area contributed by atoms with Crippen LogP contribution in [0, 0.1) is 0 Å². The second-order valence-electron chi connectivity index (χ2n) is 16.6. The summed E-state index contributed by atoms with van der Waals surface area (Å²) in [6.45, 7) is 0. The van der Waals surface area contributed by atoms with Crippen molar-refractivity contribution in [1.82, 2.24) is 4.57 Å². The van der Waals surface area contributed by atoms with E-state index in [1.165, 1.54) is 87.9 Å². The van der Waals surface area contributed by atoms with Crippen LogP contribution in [0.3, 0.4) is 0 Å². The normalized spacial score (nSPS) is 11.4. The highest BCUT2D eigenvalue weighted by molar-refractivity contribution is 6.09. The lowest BCUT2D eigenvalue weighted by Crippen LogP contribution is -2.10. The molecule has 0 spiro atoms. The van der Waals surface area contributed by atoms with Crippen LogP contribution in [-0.4, -0.2) is 4.57 Å². The Bertz CT molecular complexity index is 3560. The van der Waals surface area contributed by atoms with Crippen molar-refractivity contribution in [3.63, 3.8) is 0 Å². The number of anilines is 3. The van der Waals surface area contributed by atoms with Gasteiger partial charge in [-0.1, -0.05) is 182 Å². The first-order chi connectivity index (χ1) is 31.7. The smallest absolute Gasteiger partial charge is 0.0541 e. The van der Waals surface area contributed by atoms with Crippen LogP contribution >= 0.6 is 0 Å². The van der Waals surface area contributed by atoms with Crippen LogP contribution in [0.5, 0.6) is 0 Å². The highest BCUT2D eigenvalue weighted by Crippen LogP contribution is 2.40. The molecule has 12 rings (SSSR count). The molecule has 0 aliphatic carbocycles. The van der Waals surface area contributed by atoms with Gasteiger partial charge in [0.15, 0.2) is 0 Å². The minimum atomic E-state index is 1.09. The van der Waals surface area contributed by atoms with E-state index in [9.17, 15) is 0 Å². The molecule has 0 unspecified atom stereocenters. The summed E-state index contributed by atoms with van der Waals surface area (Å²) >= 11 is 0. The third kappa shape index (κ3) is 6.70.